The molecular weight excluding hydrogens is 468 g/mol. The van der Waals surface area contributed by atoms with Crippen LogP contribution in [-0.2, 0) is 11.2 Å². The molecule has 1 fully saturated rings. The van der Waals surface area contributed by atoms with Gasteiger partial charge in [0.1, 0.15) is 0 Å². The van der Waals surface area contributed by atoms with E-state index in [9.17, 15) is 9.59 Å². The maximum Gasteiger partial charge on any atom is 0.229 e. The van der Waals surface area contributed by atoms with Crippen LogP contribution in [0.3, 0.4) is 0 Å². The first kappa shape index (κ1) is 22.6. The summed E-state index contributed by atoms with van der Waals surface area (Å²) in [6.07, 6.45) is 10.7. The largest absolute Gasteiger partial charge is 0.360 e. The summed E-state index contributed by atoms with van der Waals surface area (Å²) in [5.74, 6) is 0.391. The third-order valence-electron chi connectivity index (χ3n) is 6.75. The lowest BCUT2D eigenvalue weighted by molar-refractivity contribution is -0.117. The van der Waals surface area contributed by atoms with Crippen molar-refractivity contribution in [3.8, 4) is 11.1 Å². The van der Waals surface area contributed by atoms with Gasteiger partial charge < -0.3 is 10.3 Å². The predicted octanol–water partition coefficient (Wildman–Crippen LogP) is 6.78. The van der Waals surface area contributed by atoms with Gasteiger partial charge in [-0.05, 0) is 85.2 Å². The number of fused-ring (bicyclic) bond motifs is 2. The number of nitrogens with zero attached hydrogens (tertiary/aromatic N) is 2. The van der Waals surface area contributed by atoms with Gasteiger partial charge in [-0.2, -0.15) is 0 Å². The number of anilines is 1. The Morgan fingerprint density at radius 2 is 1.81 bits per heavy atom. The number of aromatic amines is 1. The molecule has 1 aliphatic carbocycles. The molecule has 1 aliphatic rings. The van der Waals surface area contributed by atoms with Crippen molar-refractivity contribution in [3.63, 3.8) is 0 Å². The Labute approximate surface area is 212 Å². The highest BCUT2D eigenvalue weighted by Crippen LogP contribution is 2.34. The van der Waals surface area contributed by atoms with Gasteiger partial charge in [0, 0.05) is 47.4 Å². The highest BCUT2D eigenvalue weighted by Gasteiger charge is 2.30. The van der Waals surface area contributed by atoms with Gasteiger partial charge in [-0.1, -0.05) is 23.5 Å². The van der Waals surface area contributed by atoms with Crippen LogP contribution in [0.1, 0.15) is 48.0 Å². The quantitative estimate of drug-likeness (QED) is 0.175. The molecule has 36 heavy (non-hydrogen) atoms. The van der Waals surface area contributed by atoms with Gasteiger partial charge in [0.05, 0.1) is 10.2 Å². The third kappa shape index (κ3) is 4.79. The zero-order valence-corrected chi connectivity index (χ0v) is 20.6. The molecule has 2 N–H and O–H groups in total. The molecule has 0 saturated heterocycles. The number of aryl methyl sites for hydroxylation is 1. The molecule has 6 nitrogen and oxygen atoms in total. The van der Waals surface area contributed by atoms with Crippen LogP contribution in [0.25, 0.3) is 32.2 Å². The molecule has 3 heterocycles. The van der Waals surface area contributed by atoms with Gasteiger partial charge in [-0.3, -0.25) is 14.6 Å². The van der Waals surface area contributed by atoms with Gasteiger partial charge in [0.25, 0.3) is 0 Å². The lowest BCUT2D eigenvalue weighted by Gasteiger charge is -2.04. The lowest BCUT2D eigenvalue weighted by Crippen LogP contribution is -2.12. The van der Waals surface area contributed by atoms with E-state index in [2.05, 4.69) is 38.5 Å². The summed E-state index contributed by atoms with van der Waals surface area (Å²) in [6.45, 7) is 0. The number of carbonyl (C=O) groups is 2. The number of pyridine rings is 1. The maximum atomic E-state index is 13.0. The minimum atomic E-state index is 0.0711. The van der Waals surface area contributed by atoms with Crippen molar-refractivity contribution in [2.24, 2.45) is 5.92 Å². The minimum absolute atomic E-state index is 0.0711. The number of H-pyrrole nitrogens is 1. The number of carbonyl (C=O) groups excluding carboxylic acids is 2. The van der Waals surface area contributed by atoms with Crippen LogP contribution in [0.15, 0.2) is 67.1 Å². The molecule has 0 radical (unpaired) electrons. The first-order valence-corrected chi connectivity index (χ1v) is 13.2. The van der Waals surface area contributed by atoms with Crippen LogP contribution >= 0.6 is 11.3 Å². The van der Waals surface area contributed by atoms with Crippen molar-refractivity contribution < 1.29 is 9.59 Å². The highest BCUT2D eigenvalue weighted by atomic mass is 32.1. The SMILES string of the molecule is O=C(CCCCc1ccncc1)c1c[nH]c2ccc(-c3ccc4nc(NC(=O)C5CC5)sc4c3)cc12. The summed E-state index contributed by atoms with van der Waals surface area (Å²) in [5.41, 5.74) is 5.95. The van der Waals surface area contributed by atoms with E-state index < -0.39 is 0 Å². The molecule has 0 atom stereocenters. The number of benzene rings is 2. The molecule has 3 aromatic heterocycles. The summed E-state index contributed by atoms with van der Waals surface area (Å²) >= 11 is 1.50. The summed E-state index contributed by atoms with van der Waals surface area (Å²) in [4.78, 5) is 37.0. The molecule has 0 bridgehead atoms. The normalized spacial score (nSPS) is 13.3. The van der Waals surface area contributed by atoms with Crippen LogP contribution in [0.5, 0.6) is 0 Å². The maximum absolute atomic E-state index is 13.0. The van der Waals surface area contributed by atoms with Crippen molar-refractivity contribution >= 4 is 49.3 Å². The molecule has 2 aromatic carbocycles. The fourth-order valence-corrected chi connectivity index (χ4v) is 5.45. The van der Waals surface area contributed by atoms with E-state index in [4.69, 9.17) is 0 Å². The summed E-state index contributed by atoms with van der Waals surface area (Å²) in [7, 11) is 0. The molecule has 1 saturated carbocycles. The first-order chi connectivity index (χ1) is 17.6. The standard InChI is InChI=1S/C29H26N4O2S/c34-26(4-2-1-3-18-11-13-30-14-12-18)23-17-31-24-9-7-20(15-22(23)24)21-8-10-25-27(16-21)36-29(32-25)33-28(35)19-5-6-19/h7-17,19,31H,1-6H2,(H,32,33,35). The molecule has 0 aliphatic heterocycles. The zero-order valence-electron chi connectivity index (χ0n) is 19.8. The predicted molar refractivity (Wildman–Crippen MR) is 144 cm³/mol. The smallest absolute Gasteiger partial charge is 0.229 e. The number of hydrogen-bond acceptors (Lipinski definition) is 5. The molecule has 0 spiro atoms. The summed E-state index contributed by atoms with van der Waals surface area (Å²) in [5, 5.41) is 4.55. The number of amides is 1. The van der Waals surface area contributed by atoms with Crippen molar-refractivity contribution in [3.05, 3.63) is 78.2 Å². The number of unbranched alkanes of at least 4 members (excludes halogenated alkanes) is 1. The van der Waals surface area contributed by atoms with Gasteiger partial charge in [-0.15, -0.1) is 0 Å². The molecule has 1 amide bonds. The van der Waals surface area contributed by atoms with E-state index in [1.807, 2.05) is 48.9 Å². The lowest BCUT2D eigenvalue weighted by atomic mass is 9.99. The van der Waals surface area contributed by atoms with Crippen LogP contribution < -0.4 is 5.32 Å². The Balaban J connectivity index is 1.18. The van der Waals surface area contributed by atoms with Crippen molar-refractivity contribution in [2.45, 2.75) is 38.5 Å². The number of ketones is 1. The fourth-order valence-electron chi connectivity index (χ4n) is 4.54. The average Bonchev–Trinajstić information content (AvgIpc) is 3.55. The van der Waals surface area contributed by atoms with Crippen molar-refractivity contribution in [1.29, 1.82) is 0 Å². The molecule has 6 rings (SSSR count). The zero-order chi connectivity index (χ0) is 24.5. The second kappa shape index (κ2) is 9.66. The highest BCUT2D eigenvalue weighted by molar-refractivity contribution is 7.22. The Bertz CT molecular complexity index is 1570. The van der Waals surface area contributed by atoms with E-state index in [1.54, 1.807) is 0 Å². The Morgan fingerprint density at radius 1 is 1.00 bits per heavy atom. The van der Waals surface area contributed by atoms with Crippen molar-refractivity contribution in [1.82, 2.24) is 15.0 Å². The number of hydrogen-bond donors (Lipinski definition) is 2. The molecular formula is C29H26N4O2S. The van der Waals surface area contributed by atoms with Crippen LogP contribution in [-0.4, -0.2) is 26.6 Å². The van der Waals surface area contributed by atoms with Gasteiger partial charge >= 0.3 is 0 Å². The van der Waals surface area contributed by atoms with Gasteiger partial charge in [0.15, 0.2) is 10.9 Å². The molecule has 5 aromatic rings. The van der Waals surface area contributed by atoms with Crippen molar-refractivity contribution in [2.75, 3.05) is 5.32 Å². The molecule has 7 heteroatoms. The van der Waals surface area contributed by atoms with Crippen LogP contribution in [0.4, 0.5) is 5.13 Å². The Morgan fingerprint density at radius 3 is 2.64 bits per heavy atom. The van der Waals surface area contributed by atoms with Gasteiger partial charge in [0.2, 0.25) is 5.91 Å². The van der Waals surface area contributed by atoms with E-state index >= 15 is 0 Å². The van der Waals surface area contributed by atoms with Crippen LogP contribution in [0.2, 0.25) is 0 Å². The number of rotatable bonds is 9. The van der Waals surface area contributed by atoms with E-state index in [1.165, 1.54) is 16.9 Å². The Kier molecular flexibility index (Phi) is 6.07. The second-order valence-electron chi connectivity index (χ2n) is 9.41. The number of nitrogens with one attached hydrogen (secondary N) is 2. The first-order valence-electron chi connectivity index (χ1n) is 12.4. The third-order valence-corrected chi connectivity index (χ3v) is 7.68. The summed E-state index contributed by atoms with van der Waals surface area (Å²) in [6, 6.07) is 16.4. The Hall–Kier alpha value is -3.84. The molecule has 180 valence electrons. The monoisotopic (exact) mass is 494 g/mol. The number of Topliss-reactive ketones (excluding diaryl/α,β-unsaturated/α-hetero) is 1. The minimum Gasteiger partial charge on any atom is -0.360 e. The van der Waals surface area contributed by atoms with E-state index in [-0.39, 0.29) is 17.6 Å². The topological polar surface area (TPSA) is 87.7 Å². The van der Waals surface area contributed by atoms with E-state index in [0.29, 0.717) is 11.6 Å². The molecule has 0 unspecified atom stereocenters. The average molecular weight is 495 g/mol. The van der Waals surface area contributed by atoms with Crippen LogP contribution in [0, 0.1) is 5.92 Å². The fraction of sp³-hybridized carbons (Fsp3) is 0.241. The second-order valence-corrected chi connectivity index (χ2v) is 10.4. The number of aromatic nitrogens is 3. The van der Waals surface area contributed by atoms with E-state index in [0.717, 1.165) is 69.9 Å². The van der Waals surface area contributed by atoms with Gasteiger partial charge in [-0.25, -0.2) is 4.98 Å². The number of thiazole rings is 1. The summed E-state index contributed by atoms with van der Waals surface area (Å²) < 4.78 is 1.03.